The van der Waals surface area contributed by atoms with Gasteiger partial charge in [0.2, 0.25) is 0 Å². The van der Waals surface area contributed by atoms with E-state index in [2.05, 4.69) is 19.1 Å². The Morgan fingerprint density at radius 2 is 1.91 bits per heavy atom. The fourth-order valence-electron chi connectivity index (χ4n) is 3.22. The minimum Gasteiger partial charge on any atom is -0.393 e. The van der Waals surface area contributed by atoms with Crippen LogP contribution in [0.15, 0.2) is 24.3 Å². The average Bonchev–Trinajstić information content (AvgIpc) is 2.79. The molecule has 0 aliphatic heterocycles. The summed E-state index contributed by atoms with van der Waals surface area (Å²) in [5, 5.41) is 30.2. The molecule has 3 nitrogen and oxygen atoms in total. The van der Waals surface area contributed by atoms with Crippen LogP contribution in [0.4, 0.5) is 0 Å². The van der Waals surface area contributed by atoms with Crippen molar-refractivity contribution in [3.63, 3.8) is 0 Å². The van der Waals surface area contributed by atoms with Crippen LogP contribution in [0, 0.1) is 11.8 Å². The molecule has 0 spiro atoms. The molecule has 134 valence electrons. The summed E-state index contributed by atoms with van der Waals surface area (Å²) in [5.74, 6) is 0.612. The number of hydrogen-bond acceptors (Lipinski definition) is 3. The average molecular weight is 345 g/mol. The third-order valence-electron chi connectivity index (χ3n) is 4.65. The van der Waals surface area contributed by atoms with Gasteiger partial charge in [-0.1, -0.05) is 44.1 Å². The second kappa shape index (κ2) is 12.1. The summed E-state index contributed by atoms with van der Waals surface area (Å²) in [4.78, 5) is 0. The van der Waals surface area contributed by atoms with Crippen LogP contribution in [-0.4, -0.2) is 39.5 Å². The molecule has 0 heterocycles. The van der Waals surface area contributed by atoms with E-state index in [9.17, 15) is 15.3 Å². The highest BCUT2D eigenvalue weighted by Crippen LogP contribution is 2.36. The molecule has 0 aromatic heterocycles. The van der Waals surface area contributed by atoms with Crippen LogP contribution in [0.25, 0.3) is 0 Å². The number of halogens is 1. The molecule has 0 radical (unpaired) electrons. The predicted molar refractivity (Wildman–Crippen MR) is 96.6 cm³/mol. The van der Waals surface area contributed by atoms with Gasteiger partial charge < -0.3 is 15.3 Å². The zero-order valence-corrected chi connectivity index (χ0v) is 15.0. The molecule has 0 aromatic carbocycles. The lowest BCUT2D eigenvalue weighted by molar-refractivity contribution is 0.120. The molecule has 1 unspecified atom stereocenters. The van der Waals surface area contributed by atoms with Crippen molar-refractivity contribution in [2.45, 2.75) is 76.6 Å². The normalized spacial score (nSPS) is 29.8. The fraction of sp³-hybridized carbons (Fsp3) is 0.789. The van der Waals surface area contributed by atoms with Gasteiger partial charge in [-0.25, -0.2) is 0 Å². The number of unbranched alkanes of at least 4 members (excludes halogenated alkanes) is 2. The van der Waals surface area contributed by atoms with Crippen LogP contribution < -0.4 is 0 Å². The van der Waals surface area contributed by atoms with Gasteiger partial charge in [0.05, 0.1) is 18.3 Å². The molecule has 1 aliphatic rings. The van der Waals surface area contributed by atoms with Crippen LogP contribution in [0.1, 0.15) is 58.3 Å². The summed E-state index contributed by atoms with van der Waals surface area (Å²) in [6, 6.07) is 0. The molecule has 3 N–H and O–H groups in total. The lowest BCUT2D eigenvalue weighted by Gasteiger charge is -2.19. The van der Waals surface area contributed by atoms with Crippen molar-refractivity contribution in [2.75, 3.05) is 5.88 Å². The highest BCUT2D eigenvalue weighted by Gasteiger charge is 2.39. The third kappa shape index (κ3) is 7.84. The van der Waals surface area contributed by atoms with Gasteiger partial charge in [-0.2, -0.15) is 0 Å². The molecular weight excluding hydrogens is 312 g/mol. The van der Waals surface area contributed by atoms with Crippen molar-refractivity contribution in [3.8, 4) is 0 Å². The molecule has 0 bridgehead atoms. The Hall–Kier alpha value is -0.350. The van der Waals surface area contributed by atoms with E-state index in [0.29, 0.717) is 25.1 Å². The van der Waals surface area contributed by atoms with Gasteiger partial charge in [0, 0.05) is 18.2 Å². The maximum Gasteiger partial charge on any atom is 0.0631 e. The third-order valence-corrected chi connectivity index (χ3v) is 4.92. The zero-order valence-electron chi connectivity index (χ0n) is 14.3. The highest BCUT2D eigenvalue weighted by atomic mass is 35.5. The van der Waals surface area contributed by atoms with Crippen molar-refractivity contribution in [1.82, 2.24) is 0 Å². The lowest BCUT2D eigenvalue weighted by Crippen LogP contribution is -2.20. The van der Waals surface area contributed by atoms with E-state index >= 15 is 0 Å². The second-order valence-corrected chi connectivity index (χ2v) is 6.99. The van der Waals surface area contributed by atoms with E-state index in [1.54, 1.807) is 0 Å². The maximum absolute atomic E-state index is 10.2. The monoisotopic (exact) mass is 344 g/mol. The van der Waals surface area contributed by atoms with Gasteiger partial charge in [0.25, 0.3) is 0 Å². The van der Waals surface area contributed by atoms with Gasteiger partial charge in [0.1, 0.15) is 0 Å². The Morgan fingerprint density at radius 3 is 2.61 bits per heavy atom. The van der Waals surface area contributed by atoms with E-state index in [0.717, 1.165) is 19.3 Å². The van der Waals surface area contributed by atoms with Crippen molar-refractivity contribution in [2.24, 2.45) is 11.8 Å². The minimum atomic E-state index is -0.490. The molecule has 23 heavy (non-hydrogen) atoms. The van der Waals surface area contributed by atoms with Crippen molar-refractivity contribution >= 4 is 11.6 Å². The number of rotatable bonds is 11. The maximum atomic E-state index is 10.2. The first kappa shape index (κ1) is 20.7. The fourth-order valence-corrected chi connectivity index (χ4v) is 3.38. The number of allylic oxidation sites excluding steroid dienone is 2. The second-order valence-electron chi connectivity index (χ2n) is 6.61. The quantitative estimate of drug-likeness (QED) is 0.303. The van der Waals surface area contributed by atoms with Crippen molar-refractivity contribution in [3.05, 3.63) is 24.3 Å². The molecule has 1 saturated carbocycles. The smallest absolute Gasteiger partial charge is 0.0631 e. The van der Waals surface area contributed by atoms with Gasteiger partial charge in [-0.15, -0.1) is 11.6 Å². The van der Waals surface area contributed by atoms with Crippen LogP contribution >= 0.6 is 11.6 Å². The van der Waals surface area contributed by atoms with E-state index in [1.165, 1.54) is 12.8 Å². The summed E-state index contributed by atoms with van der Waals surface area (Å²) in [6.45, 7) is 2.17. The predicted octanol–water partition coefficient (Wildman–Crippen LogP) is 3.81. The molecule has 0 saturated heterocycles. The van der Waals surface area contributed by atoms with E-state index in [-0.39, 0.29) is 17.9 Å². The number of aliphatic hydroxyl groups excluding tert-OH is 3. The summed E-state index contributed by atoms with van der Waals surface area (Å²) in [7, 11) is 0. The summed E-state index contributed by atoms with van der Waals surface area (Å²) < 4.78 is 0. The topological polar surface area (TPSA) is 60.7 Å². The Morgan fingerprint density at radius 1 is 1.13 bits per heavy atom. The summed E-state index contributed by atoms with van der Waals surface area (Å²) in [6.07, 6.45) is 13.7. The Bertz CT molecular complexity index is 357. The Kier molecular flexibility index (Phi) is 10.9. The van der Waals surface area contributed by atoms with Crippen LogP contribution in [-0.2, 0) is 0 Å². The highest BCUT2D eigenvalue weighted by molar-refractivity contribution is 6.17. The lowest BCUT2D eigenvalue weighted by atomic mass is 9.89. The molecule has 0 amide bonds. The molecule has 0 aromatic rings. The molecular formula is C19H33ClO3. The first-order valence-electron chi connectivity index (χ1n) is 9.01. The Balaban J connectivity index is 2.47. The van der Waals surface area contributed by atoms with Gasteiger partial charge in [-0.3, -0.25) is 0 Å². The molecule has 1 rings (SSSR count). The number of alkyl halides is 1. The van der Waals surface area contributed by atoms with Gasteiger partial charge in [-0.05, 0) is 38.0 Å². The zero-order chi connectivity index (χ0) is 17.1. The number of hydrogen-bond donors (Lipinski definition) is 3. The SMILES string of the molecule is CCCCC=CC[C@@H]1[C@@H](C=CCC(O)CCCCl)[C@H](O)C[C@H]1O. The molecule has 4 heteroatoms. The summed E-state index contributed by atoms with van der Waals surface area (Å²) >= 11 is 5.62. The standard InChI is InChI=1S/C19H33ClO3/c1-2-3-4-5-6-11-16-17(19(23)14-18(16)22)12-7-9-15(21)10-8-13-20/h5-7,12,15-19,21-23H,2-4,8-11,13-14H2,1H3/t15?,16-,17-,18-,19-/m1/s1. The van der Waals surface area contributed by atoms with Crippen molar-refractivity contribution < 1.29 is 15.3 Å². The minimum absolute atomic E-state index is 0.0268. The van der Waals surface area contributed by atoms with E-state index in [1.807, 2.05) is 12.2 Å². The molecule has 1 aliphatic carbocycles. The largest absolute Gasteiger partial charge is 0.393 e. The van der Waals surface area contributed by atoms with Crippen LogP contribution in [0.3, 0.4) is 0 Å². The van der Waals surface area contributed by atoms with Gasteiger partial charge >= 0.3 is 0 Å². The van der Waals surface area contributed by atoms with Gasteiger partial charge in [0.15, 0.2) is 0 Å². The molecule has 5 atom stereocenters. The summed E-state index contributed by atoms with van der Waals surface area (Å²) in [5.41, 5.74) is 0. The van der Waals surface area contributed by atoms with E-state index < -0.39 is 12.2 Å². The number of aliphatic hydroxyl groups is 3. The Labute approximate surface area is 146 Å². The first-order valence-corrected chi connectivity index (χ1v) is 9.55. The molecule has 1 fully saturated rings. The van der Waals surface area contributed by atoms with Crippen molar-refractivity contribution in [1.29, 1.82) is 0 Å². The van der Waals surface area contributed by atoms with E-state index in [4.69, 9.17) is 11.6 Å². The van der Waals surface area contributed by atoms with Crippen LogP contribution in [0.5, 0.6) is 0 Å². The first-order chi connectivity index (χ1) is 11.1. The van der Waals surface area contributed by atoms with Crippen LogP contribution in [0.2, 0.25) is 0 Å².